The minimum absolute atomic E-state index is 0.418. The Labute approximate surface area is 150 Å². The van der Waals surface area contributed by atoms with Crippen LogP contribution < -0.4 is 5.32 Å². The van der Waals surface area contributed by atoms with Crippen molar-refractivity contribution in [2.75, 3.05) is 25.0 Å². The van der Waals surface area contributed by atoms with Crippen LogP contribution in [0.2, 0.25) is 0 Å². The normalized spacial score (nSPS) is 18.0. The van der Waals surface area contributed by atoms with Gasteiger partial charge in [-0.1, -0.05) is 13.0 Å². The molecular weight excluding hydrogens is 336 g/mol. The predicted molar refractivity (Wildman–Crippen MR) is 103 cm³/mol. The van der Waals surface area contributed by atoms with E-state index in [1.54, 1.807) is 17.7 Å². The van der Waals surface area contributed by atoms with Crippen LogP contribution in [0, 0.1) is 5.92 Å². The minimum Gasteiger partial charge on any atom is -0.367 e. The Morgan fingerprint density at radius 2 is 2.08 bits per heavy atom. The van der Waals surface area contributed by atoms with Gasteiger partial charge in [0.1, 0.15) is 17.0 Å². The number of nitrogens with one attached hydrogen (secondary N) is 1. The Bertz CT molecular complexity index is 775. The molecule has 0 aliphatic carbocycles. The van der Waals surface area contributed by atoms with Crippen LogP contribution in [0.5, 0.6) is 0 Å². The van der Waals surface area contributed by atoms with Crippen molar-refractivity contribution < 1.29 is 0 Å². The summed E-state index contributed by atoms with van der Waals surface area (Å²) in [6.45, 7) is 5.62. The van der Waals surface area contributed by atoms with E-state index >= 15 is 0 Å². The maximum absolute atomic E-state index is 4.46. The molecule has 126 valence electrons. The fraction of sp³-hybridized carbons (Fsp3) is 0.444. The van der Waals surface area contributed by atoms with E-state index in [1.807, 2.05) is 11.3 Å². The maximum Gasteiger partial charge on any atom is 0.138 e. The van der Waals surface area contributed by atoms with E-state index in [1.165, 1.54) is 30.8 Å². The van der Waals surface area contributed by atoms with Crippen LogP contribution in [0.3, 0.4) is 0 Å². The monoisotopic (exact) mass is 358 g/mol. The van der Waals surface area contributed by atoms with Gasteiger partial charge in [0.05, 0.1) is 11.4 Å². The summed E-state index contributed by atoms with van der Waals surface area (Å²) in [4.78, 5) is 13.9. The number of fused-ring (bicyclic) bond motifs is 1. The van der Waals surface area contributed by atoms with Crippen LogP contribution >= 0.6 is 22.7 Å². The average molecular weight is 359 g/mol. The lowest BCUT2D eigenvalue weighted by Crippen LogP contribution is -2.38. The zero-order chi connectivity index (χ0) is 16.4. The number of hydrogen-bond donors (Lipinski definition) is 1. The molecule has 0 aromatic carbocycles. The number of hydrogen-bond acceptors (Lipinski definition) is 6. The molecule has 1 aliphatic rings. The van der Waals surface area contributed by atoms with Crippen molar-refractivity contribution in [2.45, 2.75) is 25.8 Å². The van der Waals surface area contributed by atoms with E-state index in [0.717, 1.165) is 28.5 Å². The van der Waals surface area contributed by atoms with Crippen molar-refractivity contribution in [3.63, 3.8) is 0 Å². The van der Waals surface area contributed by atoms with Gasteiger partial charge in [0.25, 0.3) is 0 Å². The fourth-order valence-corrected chi connectivity index (χ4v) is 4.95. The van der Waals surface area contributed by atoms with Crippen LogP contribution in [0.15, 0.2) is 35.3 Å². The zero-order valence-corrected chi connectivity index (χ0v) is 15.4. The standard InChI is InChI=1S/C18H22N4S2/c1-13-4-7-22(8-5-13)15(16-3-2-9-23-16)11-19-17-14-6-10-24-18(14)21-12-20-17/h2-3,6,9-10,12-13,15H,4-5,7-8,11H2,1H3,(H,19,20,21)/t15-/m1/s1. The molecule has 3 aromatic heterocycles. The Morgan fingerprint density at radius 3 is 2.88 bits per heavy atom. The molecule has 0 saturated carbocycles. The first-order chi connectivity index (χ1) is 11.8. The Morgan fingerprint density at radius 1 is 1.21 bits per heavy atom. The molecule has 24 heavy (non-hydrogen) atoms. The summed E-state index contributed by atoms with van der Waals surface area (Å²) >= 11 is 3.52. The molecule has 0 bridgehead atoms. The van der Waals surface area contributed by atoms with Crippen molar-refractivity contribution in [3.05, 3.63) is 40.2 Å². The van der Waals surface area contributed by atoms with E-state index in [2.05, 4.69) is 56.1 Å². The summed E-state index contributed by atoms with van der Waals surface area (Å²) in [5, 5.41) is 8.97. The van der Waals surface area contributed by atoms with Crippen molar-refractivity contribution in [2.24, 2.45) is 5.92 Å². The summed E-state index contributed by atoms with van der Waals surface area (Å²) in [7, 11) is 0. The van der Waals surface area contributed by atoms with E-state index in [-0.39, 0.29) is 0 Å². The first-order valence-electron chi connectivity index (χ1n) is 8.51. The van der Waals surface area contributed by atoms with Crippen LogP contribution in [0.25, 0.3) is 10.2 Å². The van der Waals surface area contributed by atoms with Crippen LogP contribution in [0.4, 0.5) is 5.82 Å². The lowest BCUT2D eigenvalue weighted by Gasteiger charge is -2.36. The smallest absolute Gasteiger partial charge is 0.138 e. The van der Waals surface area contributed by atoms with E-state index in [4.69, 9.17) is 0 Å². The second kappa shape index (κ2) is 7.17. The highest BCUT2D eigenvalue weighted by molar-refractivity contribution is 7.16. The van der Waals surface area contributed by atoms with E-state index in [0.29, 0.717) is 6.04 Å². The summed E-state index contributed by atoms with van der Waals surface area (Å²) in [6.07, 6.45) is 4.25. The lowest BCUT2D eigenvalue weighted by molar-refractivity contribution is 0.145. The van der Waals surface area contributed by atoms with Gasteiger partial charge in [0, 0.05) is 11.4 Å². The number of aromatic nitrogens is 2. The summed E-state index contributed by atoms with van der Waals surface area (Å²) < 4.78 is 0. The second-order valence-electron chi connectivity index (χ2n) is 6.49. The number of anilines is 1. The quantitative estimate of drug-likeness (QED) is 0.721. The van der Waals surface area contributed by atoms with Gasteiger partial charge in [-0.3, -0.25) is 4.90 Å². The molecule has 0 spiro atoms. The van der Waals surface area contributed by atoms with Crippen LogP contribution in [-0.2, 0) is 0 Å². The van der Waals surface area contributed by atoms with E-state index in [9.17, 15) is 0 Å². The van der Waals surface area contributed by atoms with Crippen molar-refractivity contribution >= 4 is 38.7 Å². The minimum atomic E-state index is 0.418. The summed E-state index contributed by atoms with van der Waals surface area (Å²) in [5.74, 6) is 1.80. The third-order valence-corrected chi connectivity index (χ3v) is 6.65. The van der Waals surface area contributed by atoms with Crippen LogP contribution in [-0.4, -0.2) is 34.5 Å². The van der Waals surface area contributed by atoms with Gasteiger partial charge < -0.3 is 5.32 Å². The molecule has 4 rings (SSSR count). The molecular formula is C18H22N4S2. The van der Waals surface area contributed by atoms with E-state index < -0.39 is 0 Å². The molecule has 4 nitrogen and oxygen atoms in total. The van der Waals surface area contributed by atoms with Crippen molar-refractivity contribution in [3.8, 4) is 0 Å². The molecule has 1 atom stereocenters. The fourth-order valence-electron chi connectivity index (χ4n) is 3.36. The zero-order valence-electron chi connectivity index (χ0n) is 13.8. The van der Waals surface area contributed by atoms with Crippen LogP contribution in [0.1, 0.15) is 30.7 Å². The summed E-state index contributed by atoms with van der Waals surface area (Å²) in [6, 6.07) is 6.93. The Balaban J connectivity index is 1.53. The highest BCUT2D eigenvalue weighted by Crippen LogP contribution is 2.31. The molecule has 1 fully saturated rings. The highest BCUT2D eigenvalue weighted by Gasteiger charge is 2.25. The van der Waals surface area contributed by atoms with Gasteiger partial charge in [0.15, 0.2) is 0 Å². The molecule has 0 unspecified atom stereocenters. The molecule has 6 heteroatoms. The lowest BCUT2D eigenvalue weighted by atomic mass is 9.97. The van der Waals surface area contributed by atoms with Gasteiger partial charge in [-0.05, 0) is 54.7 Å². The first-order valence-corrected chi connectivity index (χ1v) is 10.3. The number of rotatable bonds is 5. The molecule has 1 aliphatic heterocycles. The highest BCUT2D eigenvalue weighted by atomic mass is 32.1. The predicted octanol–water partition coefficient (Wildman–Crippen LogP) is 4.64. The van der Waals surface area contributed by atoms with Crippen molar-refractivity contribution in [1.29, 1.82) is 0 Å². The molecule has 1 N–H and O–H groups in total. The third-order valence-electron chi connectivity index (χ3n) is 4.86. The Kier molecular flexibility index (Phi) is 4.78. The molecule has 4 heterocycles. The molecule has 0 radical (unpaired) electrons. The SMILES string of the molecule is CC1CCN([C@H](CNc2ncnc3sccc23)c2cccs2)CC1. The largest absolute Gasteiger partial charge is 0.367 e. The second-order valence-corrected chi connectivity index (χ2v) is 8.37. The molecule has 1 saturated heterocycles. The molecule has 3 aromatic rings. The van der Waals surface area contributed by atoms with Gasteiger partial charge in [-0.15, -0.1) is 22.7 Å². The topological polar surface area (TPSA) is 41.0 Å². The Hall–Kier alpha value is -1.50. The van der Waals surface area contributed by atoms with Gasteiger partial charge in [-0.25, -0.2) is 9.97 Å². The number of likely N-dealkylation sites (tertiary alicyclic amines) is 1. The molecule has 0 amide bonds. The third kappa shape index (κ3) is 3.31. The van der Waals surface area contributed by atoms with Gasteiger partial charge in [-0.2, -0.15) is 0 Å². The first kappa shape index (κ1) is 16.0. The average Bonchev–Trinajstić information content (AvgIpc) is 3.28. The van der Waals surface area contributed by atoms with Crippen molar-refractivity contribution in [1.82, 2.24) is 14.9 Å². The summed E-state index contributed by atoms with van der Waals surface area (Å²) in [5.41, 5.74) is 0. The van der Waals surface area contributed by atoms with Gasteiger partial charge in [0.2, 0.25) is 0 Å². The number of thiophene rings is 2. The number of piperidine rings is 1. The maximum atomic E-state index is 4.46. The van der Waals surface area contributed by atoms with Gasteiger partial charge >= 0.3 is 0 Å². The number of nitrogens with zero attached hydrogens (tertiary/aromatic N) is 3.